The molecular weight excluding hydrogens is 401 g/mol. The van der Waals surface area contributed by atoms with Gasteiger partial charge in [-0.1, -0.05) is 30.3 Å². The lowest BCUT2D eigenvalue weighted by molar-refractivity contribution is 0.159. The number of hydrogen-bond acceptors (Lipinski definition) is 3. The molecule has 3 aromatic rings. The first-order valence-electron chi connectivity index (χ1n) is 10.5. The summed E-state index contributed by atoms with van der Waals surface area (Å²) in [6.45, 7) is 4.34. The highest BCUT2D eigenvalue weighted by atomic mass is 19.2. The van der Waals surface area contributed by atoms with Crippen LogP contribution < -0.4 is 9.64 Å². The molecule has 0 amide bonds. The quantitative estimate of drug-likeness (QED) is 0.501. The summed E-state index contributed by atoms with van der Waals surface area (Å²) in [5.74, 6) is -1.71. The predicted molar refractivity (Wildman–Crippen MR) is 116 cm³/mol. The second-order valence-electron chi connectivity index (χ2n) is 7.69. The third kappa shape index (κ3) is 5.58. The molecule has 4 rings (SSSR count). The van der Waals surface area contributed by atoms with Crippen molar-refractivity contribution in [2.24, 2.45) is 0 Å². The lowest BCUT2D eigenvalue weighted by Gasteiger charge is -2.36. The zero-order valence-electron chi connectivity index (χ0n) is 17.2. The van der Waals surface area contributed by atoms with E-state index >= 15 is 0 Å². The highest BCUT2D eigenvalue weighted by molar-refractivity contribution is 5.46. The van der Waals surface area contributed by atoms with Crippen LogP contribution in [0.3, 0.4) is 0 Å². The van der Waals surface area contributed by atoms with Crippen molar-refractivity contribution in [3.05, 3.63) is 95.8 Å². The second kappa shape index (κ2) is 9.88. The zero-order chi connectivity index (χ0) is 21.6. The molecule has 0 saturated carbocycles. The average molecular weight is 426 g/mol. The molecule has 0 N–H and O–H groups in total. The predicted octanol–water partition coefficient (Wildman–Crippen LogP) is 5.44. The largest absolute Gasteiger partial charge is 0.486 e. The van der Waals surface area contributed by atoms with Gasteiger partial charge in [0.2, 0.25) is 0 Å². The van der Waals surface area contributed by atoms with Gasteiger partial charge in [0.15, 0.2) is 11.6 Å². The summed E-state index contributed by atoms with van der Waals surface area (Å²) in [7, 11) is 0. The normalized spacial score (nSPS) is 15.6. The van der Waals surface area contributed by atoms with Crippen LogP contribution in [-0.2, 0) is 0 Å². The van der Waals surface area contributed by atoms with E-state index in [1.165, 1.54) is 18.2 Å². The maximum absolute atomic E-state index is 13.6. The van der Waals surface area contributed by atoms with E-state index in [2.05, 4.69) is 9.80 Å². The fraction of sp³-hybridized carbons (Fsp3) is 0.280. The molecule has 31 heavy (non-hydrogen) atoms. The van der Waals surface area contributed by atoms with Crippen molar-refractivity contribution in [2.45, 2.75) is 12.5 Å². The first-order chi connectivity index (χ1) is 15.1. The topological polar surface area (TPSA) is 15.7 Å². The van der Waals surface area contributed by atoms with Crippen molar-refractivity contribution in [3.8, 4) is 5.75 Å². The molecule has 1 unspecified atom stereocenters. The first-order valence-corrected chi connectivity index (χ1v) is 10.5. The van der Waals surface area contributed by atoms with E-state index in [1.54, 1.807) is 0 Å². The molecule has 1 aliphatic heterocycles. The monoisotopic (exact) mass is 426 g/mol. The maximum atomic E-state index is 13.6. The number of piperazine rings is 1. The van der Waals surface area contributed by atoms with E-state index < -0.39 is 11.6 Å². The number of benzene rings is 3. The average Bonchev–Trinajstić information content (AvgIpc) is 2.80. The van der Waals surface area contributed by atoms with Gasteiger partial charge in [0.25, 0.3) is 0 Å². The van der Waals surface area contributed by atoms with Gasteiger partial charge in [0.05, 0.1) is 0 Å². The number of ether oxygens (including phenoxy) is 1. The molecule has 3 aromatic carbocycles. The smallest absolute Gasteiger partial charge is 0.162 e. The van der Waals surface area contributed by atoms with Gasteiger partial charge in [-0.3, -0.25) is 4.90 Å². The van der Waals surface area contributed by atoms with Crippen LogP contribution in [0.25, 0.3) is 0 Å². The number of halogens is 3. The number of rotatable bonds is 7. The Morgan fingerprint density at radius 2 is 1.48 bits per heavy atom. The second-order valence-corrected chi connectivity index (χ2v) is 7.69. The van der Waals surface area contributed by atoms with Gasteiger partial charge in [-0.05, 0) is 42.0 Å². The Morgan fingerprint density at radius 3 is 2.16 bits per heavy atom. The minimum absolute atomic E-state index is 0.227. The van der Waals surface area contributed by atoms with Gasteiger partial charge in [-0.25, -0.2) is 13.2 Å². The molecule has 1 saturated heterocycles. The van der Waals surface area contributed by atoms with Gasteiger partial charge in [-0.2, -0.15) is 0 Å². The van der Waals surface area contributed by atoms with Crippen molar-refractivity contribution in [1.29, 1.82) is 0 Å². The molecule has 3 nitrogen and oxygen atoms in total. The highest BCUT2D eigenvalue weighted by Crippen LogP contribution is 2.27. The standard InChI is InChI=1S/C25H25F3N2O/c26-20-6-8-21(9-7-20)30-16-14-29(15-17-30)13-12-25(19-4-2-1-3-5-19)31-22-10-11-23(27)24(28)18-22/h1-11,18,25H,12-17H2. The molecule has 162 valence electrons. The molecule has 1 fully saturated rings. The van der Waals surface area contributed by atoms with Gasteiger partial charge in [0, 0.05) is 50.9 Å². The van der Waals surface area contributed by atoms with Crippen LogP contribution in [0.4, 0.5) is 18.9 Å². The zero-order valence-corrected chi connectivity index (χ0v) is 17.2. The van der Waals surface area contributed by atoms with Gasteiger partial charge in [0.1, 0.15) is 17.7 Å². The first kappa shape index (κ1) is 21.2. The minimum Gasteiger partial charge on any atom is -0.486 e. The van der Waals surface area contributed by atoms with Crippen LogP contribution in [0.15, 0.2) is 72.8 Å². The summed E-state index contributed by atoms with van der Waals surface area (Å²) >= 11 is 0. The Morgan fingerprint density at radius 1 is 0.774 bits per heavy atom. The van der Waals surface area contributed by atoms with E-state index in [-0.39, 0.29) is 11.9 Å². The Labute approximate surface area is 180 Å². The fourth-order valence-electron chi connectivity index (χ4n) is 3.86. The Hall–Kier alpha value is -2.99. The van der Waals surface area contributed by atoms with Crippen LogP contribution in [0.5, 0.6) is 5.75 Å². The van der Waals surface area contributed by atoms with Crippen LogP contribution in [0.2, 0.25) is 0 Å². The molecule has 6 heteroatoms. The summed E-state index contributed by atoms with van der Waals surface area (Å²) in [5, 5.41) is 0. The van der Waals surface area contributed by atoms with Crippen molar-refractivity contribution in [1.82, 2.24) is 4.90 Å². The Balaban J connectivity index is 1.36. The lowest BCUT2D eigenvalue weighted by atomic mass is 10.1. The van der Waals surface area contributed by atoms with Gasteiger partial charge < -0.3 is 9.64 Å². The van der Waals surface area contributed by atoms with E-state index in [4.69, 9.17) is 4.74 Å². The highest BCUT2D eigenvalue weighted by Gasteiger charge is 2.20. The lowest BCUT2D eigenvalue weighted by Crippen LogP contribution is -2.46. The Bertz CT molecular complexity index is 974. The van der Waals surface area contributed by atoms with Crippen LogP contribution >= 0.6 is 0 Å². The molecule has 1 atom stereocenters. The molecular formula is C25H25F3N2O. The van der Waals surface area contributed by atoms with Crippen molar-refractivity contribution in [2.75, 3.05) is 37.6 Å². The summed E-state index contributed by atoms with van der Waals surface area (Å²) in [4.78, 5) is 4.62. The summed E-state index contributed by atoms with van der Waals surface area (Å²) < 4.78 is 46.1. The van der Waals surface area contributed by atoms with E-state index in [1.807, 2.05) is 42.5 Å². The third-order valence-corrected chi connectivity index (χ3v) is 5.61. The summed E-state index contributed by atoms with van der Waals surface area (Å²) in [6, 6.07) is 20.0. The minimum atomic E-state index is -0.916. The van der Waals surface area contributed by atoms with Crippen LogP contribution in [0.1, 0.15) is 18.1 Å². The fourth-order valence-corrected chi connectivity index (χ4v) is 3.86. The van der Waals surface area contributed by atoms with Gasteiger partial charge >= 0.3 is 0 Å². The van der Waals surface area contributed by atoms with E-state index in [0.29, 0.717) is 5.75 Å². The molecule has 0 bridgehead atoms. The number of hydrogen-bond donors (Lipinski definition) is 0. The van der Waals surface area contributed by atoms with Gasteiger partial charge in [-0.15, -0.1) is 0 Å². The molecule has 0 aliphatic carbocycles. The summed E-state index contributed by atoms with van der Waals surface area (Å²) in [5.41, 5.74) is 2.03. The SMILES string of the molecule is Fc1ccc(N2CCN(CCC(Oc3ccc(F)c(F)c3)c3ccccc3)CC2)cc1. The third-order valence-electron chi connectivity index (χ3n) is 5.61. The molecule has 0 spiro atoms. The molecule has 0 aromatic heterocycles. The van der Waals surface area contributed by atoms with Crippen molar-refractivity contribution >= 4 is 5.69 Å². The Kier molecular flexibility index (Phi) is 6.77. The van der Waals surface area contributed by atoms with Crippen LogP contribution in [-0.4, -0.2) is 37.6 Å². The summed E-state index contributed by atoms with van der Waals surface area (Å²) in [6.07, 6.45) is 0.459. The van der Waals surface area contributed by atoms with E-state index in [9.17, 15) is 13.2 Å². The molecule has 0 radical (unpaired) electrons. The van der Waals surface area contributed by atoms with Crippen molar-refractivity contribution in [3.63, 3.8) is 0 Å². The number of anilines is 1. The number of nitrogens with zero attached hydrogens (tertiary/aromatic N) is 2. The van der Waals surface area contributed by atoms with Crippen molar-refractivity contribution < 1.29 is 17.9 Å². The van der Waals surface area contributed by atoms with E-state index in [0.717, 1.165) is 62.5 Å². The van der Waals surface area contributed by atoms with Crippen LogP contribution in [0, 0.1) is 17.5 Å². The molecule has 1 heterocycles. The molecule has 1 aliphatic rings. The maximum Gasteiger partial charge on any atom is 0.162 e.